The minimum Gasteiger partial charge on any atom is -0.329 e. The Labute approximate surface area is 145 Å². The third kappa shape index (κ3) is 4.22. The first kappa shape index (κ1) is 18.6. The lowest BCUT2D eigenvalue weighted by molar-refractivity contribution is -0.392. The zero-order valence-corrected chi connectivity index (χ0v) is 13.1. The Morgan fingerprint density at radius 2 is 1.52 bits per heavy atom. The van der Waals surface area contributed by atoms with Gasteiger partial charge in [-0.2, -0.15) is 13.2 Å². The third-order valence-corrected chi connectivity index (χ3v) is 3.10. The maximum Gasteiger partial charge on any atom is 0.416 e. The van der Waals surface area contributed by atoms with Crippen LogP contribution in [0.1, 0.15) is 5.56 Å². The normalized spacial score (nSPS) is 11.2. The van der Waals surface area contributed by atoms with Gasteiger partial charge >= 0.3 is 6.18 Å². The number of rotatable bonds is 4. The maximum atomic E-state index is 12.8. The summed E-state index contributed by atoms with van der Waals surface area (Å²) in [6.45, 7) is 0. The van der Waals surface area contributed by atoms with Crippen LogP contribution in [0.4, 0.5) is 36.1 Å². The lowest BCUT2D eigenvalue weighted by Gasteiger charge is -2.11. The predicted octanol–water partition coefficient (Wildman–Crippen LogP) is 4.36. The fourth-order valence-corrected chi connectivity index (χ4v) is 2.18. The smallest absolute Gasteiger partial charge is 0.329 e. The molecule has 25 heavy (non-hydrogen) atoms. The van der Waals surface area contributed by atoms with Gasteiger partial charge in [-0.15, -0.1) is 0 Å². The zero-order valence-electron chi connectivity index (χ0n) is 11.5. The van der Waals surface area contributed by atoms with Gasteiger partial charge in [-0.05, 0) is 11.6 Å². The van der Waals surface area contributed by atoms with Crippen LogP contribution in [-0.4, -0.2) is 19.8 Å². The molecule has 0 saturated carbocycles. The molecule has 2 aromatic rings. The number of nitro groups is 2. The molecule has 0 aliphatic rings. The number of nitrogens with one attached hydrogen (secondary N) is 1. The van der Waals surface area contributed by atoms with E-state index in [0.29, 0.717) is 0 Å². The molecule has 0 bridgehead atoms. The maximum absolute atomic E-state index is 12.8. The Bertz CT molecular complexity index is 822. The number of hydrogen-bond acceptors (Lipinski definition) is 7. The highest BCUT2D eigenvalue weighted by Crippen LogP contribution is 2.42. The van der Waals surface area contributed by atoms with E-state index in [2.05, 4.69) is 15.3 Å². The topological polar surface area (TPSA) is 124 Å². The number of aromatic nitrogens is 2. The van der Waals surface area contributed by atoms with Gasteiger partial charge in [-0.25, -0.2) is 9.97 Å². The number of benzene rings is 1. The second-order valence-corrected chi connectivity index (χ2v) is 5.10. The molecule has 132 valence electrons. The molecule has 0 spiro atoms. The van der Waals surface area contributed by atoms with Crippen molar-refractivity contribution in [2.45, 2.75) is 6.18 Å². The summed E-state index contributed by atoms with van der Waals surface area (Å²) < 4.78 is 38.5. The van der Waals surface area contributed by atoms with Gasteiger partial charge in [0.15, 0.2) is 5.69 Å². The molecule has 0 saturated heterocycles. The average molecular weight is 398 g/mol. The highest BCUT2D eigenvalue weighted by Gasteiger charge is 2.37. The summed E-state index contributed by atoms with van der Waals surface area (Å²) in [6, 6.07) is 1.36. The highest BCUT2D eigenvalue weighted by atomic mass is 35.5. The van der Waals surface area contributed by atoms with Crippen molar-refractivity contribution in [3.63, 3.8) is 0 Å². The van der Waals surface area contributed by atoms with Gasteiger partial charge in [0.25, 0.3) is 11.4 Å². The standard InChI is InChI=1S/C11H4Cl2F3N5O4/c12-7-3-8(19-10(13)17-7)18-9-5(20(22)23)1-4(11(14,15)16)2-6(9)21(24)25/h1-3H,(H,17,18,19). The molecule has 1 aromatic heterocycles. The van der Waals surface area contributed by atoms with Gasteiger partial charge in [0.2, 0.25) is 5.28 Å². The second-order valence-electron chi connectivity index (χ2n) is 4.37. The van der Waals surface area contributed by atoms with E-state index >= 15 is 0 Å². The number of hydrogen-bond donors (Lipinski definition) is 1. The Hall–Kier alpha value is -2.73. The van der Waals surface area contributed by atoms with Crippen LogP contribution >= 0.6 is 23.2 Å². The van der Waals surface area contributed by atoms with E-state index in [4.69, 9.17) is 23.2 Å². The number of anilines is 2. The van der Waals surface area contributed by atoms with Crippen LogP contribution in [0, 0.1) is 20.2 Å². The van der Waals surface area contributed by atoms with Gasteiger partial charge in [-0.3, -0.25) is 20.2 Å². The number of alkyl halides is 3. The summed E-state index contributed by atoms with van der Waals surface area (Å²) in [5, 5.41) is 23.8. The predicted molar refractivity (Wildman–Crippen MR) is 80.1 cm³/mol. The van der Waals surface area contributed by atoms with Gasteiger partial charge in [0.05, 0.1) is 15.4 Å². The monoisotopic (exact) mass is 397 g/mol. The third-order valence-electron chi connectivity index (χ3n) is 2.74. The van der Waals surface area contributed by atoms with Crippen LogP contribution in [0.25, 0.3) is 0 Å². The van der Waals surface area contributed by atoms with Crippen LogP contribution in [0.3, 0.4) is 0 Å². The lowest BCUT2D eigenvalue weighted by Crippen LogP contribution is -2.09. The highest BCUT2D eigenvalue weighted by molar-refractivity contribution is 6.32. The molecule has 1 heterocycles. The SMILES string of the molecule is O=[N+]([O-])c1cc(C(F)(F)F)cc([N+](=O)[O-])c1Nc1cc(Cl)nc(Cl)n1. The molecule has 0 amide bonds. The average Bonchev–Trinajstić information content (AvgIpc) is 2.44. The minimum atomic E-state index is -5.02. The summed E-state index contributed by atoms with van der Waals surface area (Å²) in [7, 11) is 0. The fraction of sp³-hybridized carbons (Fsp3) is 0.0909. The van der Waals surface area contributed by atoms with Gasteiger partial charge in [0.1, 0.15) is 11.0 Å². The summed E-state index contributed by atoms with van der Waals surface area (Å²) in [4.78, 5) is 26.9. The van der Waals surface area contributed by atoms with Crippen LogP contribution < -0.4 is 5.32 Å². The van der Waals surface area contributed by atoms with Gasteiger partial charge < -0.3 is 5.32 Å². The molecule has 0 unspecified atom stereocenters. The number of nitro benzene ring substituents is 2. The van der Waals surface area contributed by atoms with Crippen molar-refractivity contribution >= 4 is 46.1 Å². The van der Waals surface area contributed by atoms with E-state index in [1.807, 2.05) is 0 Å². The quantitative estimate of drug-likeness (QED) is 0.351. The van der Waals surface area contributed by atoms with Crippen molar-refractivity contribution in [2.75, 3.05) is 5.32 Å². The molecule has 0 atom stereocenters. The zero-order chi connectivity index (χ0) is 18.9. The van der Waals surface area contributed by atoms with Crippen LogP contribution in [0.2, 0.25) is 10.4 Å². The molecular weight excluding hydrogens is 394 g/mol. The van der Waals surface area contributed by atoms with Crippen molar-refractivity contribution in [3.05, 3.63) is 54.4 Å². The molecule has 0 aliphatic heterocycles. The summed E-state index contributed by atoms with van der Waals surface area (Å²) in [5.41, 5.74) is -4.70. The lowest BCUT2D eigenvalue weighted by atomic mass is 10.1. The number of nitrogens with zero attached hydrogens (tertiary/aromatic N) is 4. The molecule has 0 radical (unpaired) electrons. The largest absolute Gasteiger partial charge is 0.416 e. The Morgan fingerprint density at radius 3 is 1.92 bits per heavy atom. The minimum absolute atomic E-state index is 0.166. The summed E-state index contributed by atoms with van der Waals surface area (Å²) in [6.07, 6.45) is -5.02. The van der Waals surface area contributed by atoms with Crippen LogP contribution in [0.15, 0.2) is 18.2 Å². The van der Waals surface area contributed by atoms with Crippen molar-refractivity contribution in [3.8, 4) is 0 Å². The van der Waals surface area contributed by atoms with Crippen molar-refractivity contribution < 1.29 is 23.0 Å². The first-order chi connectivity index (χ1) is 11.5. The molecule has 0 aliphatic carbocycles. The second kappa shape index (κ2) is 6.64. The Morgan fingerprint density at radius 1 is 1.00 bits per heavy atom. The molecule has 2 rings (SSSR count). The van der Waals surface area contributed by atoms with Gasteiger partial charge in [-0.1, -0.05) is 11.6 Å². The molecular formula is C11H4Cl2F3N5O4. The van der Waals surface area contributed by atoms with Gasteiger partial charge in [0, 0.05) is 18.2 Å². The molecule has 14 heteroatoms. The van der Waals surface area contributed by atoms with E-state index in [-0.39, 0.29) is 28.4 Å². The van der Waals surface area contributed by atoms with Crippen molar-refractivity contribution in [1.82, 2.24) is 9.97 Å². The first-order valence-electron chi connectivity index (χ1n) is 6.00. The van der Waals surface area contributed by atoms with Crippen LogP contribution in [-0.2, 0) is 6.18 Å². The molecule has 0 fully saturated rings. The first-order valence-corrected chi connectivity index (χ1v) is 6.75. The van der Waals surface area contributed by atoms with E-state index < -0.39 is 38.6 Å². The summed E-state index contributed by atoms with van der Waals surface area (Å²) >= 11 is 11.2. The molecule has 1 N–H and O–H groups in total. The van der Waals surface area contributed by atoms with E-state index in [9.17, 15) is 33.4 Å². The van der Waals surface area contributed by atoms with E-state index in [0.717, 1.165) is 6.07 Å². The van der Waals surface area contributed by atoms with Crippen molar-refractivity contribution in [1.29, 1.82) is 0 Å². The van der Waals surface area contributed by atoms with E-state index in [1.54, 1.807) is 0 Å². The van der Waals surface area contributed by atoms with Crippen molar-refractivity contribution in [2.24, 2.45) is 0 Å². The Balaban J connectivity index is 2.69. The summed E-state index contributed by atoms with van der Waals surface area (Å²) in [5.74, 6) is -0.282. The fourth-order valence-electron chi connectivity index (χ4n) is 1.77. The van der Waals surface area contributed by atoms with Crippen LogP contribution in [0.5, 0.6) is 0 Å². The molecule has 9 nitrogen and oxygen atoms in total. The Kier molecular flexibility index (Phi) is 4.94. The number of halogens is 5. The molecule has 1 aromatic carbocycles. The van der Waals surface area contributed by atoms with E-state index in [1.165, 1.54) is 0 Å².